The first kappa shape index (κ1) is 15.4. The standard InChI is InChI=1S/C16H18Br2N2/c1-11-8-14(17)16(15(18)9-11)19-10-12-4-6-13(7-5-12)20(2)3/h4-9,19H,10H2,1-3H3. The molecule has 0 bridgehead atoms. The van der Waals surface area contributed by atoms with E-state index in [1.54, 1.807) is 0 Å². The maximum atomic E-state index is 3.60. The first-order chi connectivity index (χ1) is 9.47. The van der Waals surface area contributed by atoms with Crippen LogP contribution in [-0.4, -0.2) is 14.1 Å². The average Bonchev–Trinajstić information content (AvgIpc) is 2.38. The predicted octanol–water partition coefficient (Wildman–Crippen LogP) is 5.20. The molecular weight excluding hydrogens is 380 g/mol. The van der Waals surface area contributed by atoms with Crippen LogP contribution in [0.2, 0.25) is 0 Å². The summed E-state index contributed by atoms with van der Waals surface area (Å²) in [5.74, 6) is 0. The van der Waals surface area contributed by atoms with Crippen molar-refractivity contribution >= 4 is 43.2 Å². The summed E-state index contributed by atoms with van der Waals surface area (Å²) in [5.41, 5.74) is 4.79. The number of halogens is 2. The van der Waals surface area contributed by atoms with Crippen LogP contribution in [0.25, 0.3) is 0 Å². The largest absolute Gasteiger partial charge is 0.379 e. The summed E-state index contributed by atoms with van der Waals surface area (Å²) in [4.78, 5) is 2.10. The quantitative estimate of drug-likeness (QED) is 0.762. The van der Waals surface area contributed by atoms with E-state index in [0.717, 1.165) is 21.2 Å². The van der Waals surface area contributed by atoms with E-state index in [1.807, 2.05) is 14.1 Å². The Morgan fingerprint density at radius 2 is 1.55 bits per heavy atom. The molecule has 0 spiro atoms. The lowest BCUT2D eigenvalue weighted by Gasteiger charge is -2.14. The van der Waals surface area contributed by atoms with Crippen LogP contribution in [0.15, 0.2) is 45.3 Å². The molecule has 20 heavy (non-hydrogen) atoms. The van der Waals surface area contributed by atoms with E-state index < -0.39 is 0 Å². The Morgan fingerprint density at radius 1 is 1.00 bits per heavy atom. The van der Waals surface area contributed by atoms with Gasteiger partial charge in [-0.15, -0.1) is 0 Å². The highest BCUT2D eigenvalue weighted by molar-refractivity contribution is 9.11. The topological polar surface area (TPSA) is 15.3 Å². The number of hydrogen-bond donors (Lipinski definition) is 1. The van der Waals surface area contributed by atoms with Gasteiger partial charge in [0.15, 0.2) is 0 Å². The third-order valence-corrected chi connectivity index (χ3v) is 4.36. The Labute approximate surface area is 137 Å². The first-order valence-electron chi connectivity index (χ1n) is 6.43. The number of rotatable bonds is 4. The zero-order valence-corrected chi connectivity index (χ0v) is 15.0. The van der Waals surface area contributed by atoms with E-state index in [1.165, 1.54) is 16.8 Å². The molecule has 0 radical (unpaired) electrons. The number of anilines is 2. The summed E-state index contributed by atoms with van der Waals surface area (Å²) in [6.07, 6.45) is 0. The smallest absolute Gasteiger partial charge is 0.0631 e. The normalized spacial score (nSPS) is 10.4. The van der Waals surface area contributed by atoms with Gasteiger partial charge in [-0.25, -0.2) is 0 Å². The number of nitrogens with zero attached hydrogens (tertiary/aromatic N) is 1. The van der Waals surface area contributed by atoms with Crippen molar-refractivity contribution < 1.29 is 0 Å². The highest BCUT2D eigenvalue weighted by Gasteiger charge is 2.06. The molecule has 0 aliphatic carbocycles. The summed E-state index contributed by atoms with van der Waals surface area (Å²) < 4.78 is 2.16. The monoisotopic (exact) mass is 396 g/mol. The minimum absolute atomic E-state index is 0.800. The zero-order valence-electron chi connectivity index (χ0n) is 11.9. The highest BCUT2D eigenvalue weighted by Crippen LogP contribution is 2.32. The van der Waals surface area contributed by atoms with Gasteiger partial charge in [0.1, 0.15) is 0 Å². The molecule has 0 unspecified atom stereocenters. The Balaban J connectivity index is 2.09. The second-order valence-electron chi connectivity index (χ2n) is 5.02. The molecule has 0 fully saturated rings. The lowest BCUT2D eigenvalue weighted by molar-refractivity contribution is 1.11. The van der Waals surface area contributed by atoms with Crippen LogP contribution in [0, 0.1) is 6.92 Å². The van der Waals surface area contributed by atoms with Crippen LogP contribution in [0.1, 0.15) is 11.1 Å². The molecular formula is C16H18Br2N2. The SMILES string of the molecule is Cc1cc(Br)c(NCc2ccc(N(C)C)cc2)c(Br)c1. The van der Waals surface area contributed by atoms with Crippen LogP contribution in [-0.2, 0) is 6.54 Å². The number of aryl methyl sites for hydroxylation is 1. The van der Waals surface area contributed by atoms with Crippen molar-refractivity contribution in [1.29, 1.82) is 0 Å². The first-order valence-corrected chi connectivity index (χ1v) is 8.02. The summed E-state index contributed by atoms with van der Waals surface area (Å²) in [7, 11) is 4.10. The number of nitrogens with one attached hydrogen (secondary N) is 1. The zero-order chi connectivity index (χ0) is 14.7. The fraction of sp³-hybridized carbons (Fsp3) is 0.250. The summed E-state index contributed by atoms with van der Waals surface area (Å²) in [6.45, 7) is 2.88. The lowest BCUT2D eigenvalue weighted by atomic mass is 10.2. The molecule has 1 N–H and O–H groups in total. The Hall–Kier alpha value is -1.000. The van der Waals surface area contributed by atoms with Crippen molar-refractivity contribution in [2.45, 2.75) is 13.5 Å². The maximum Gasteiger partial charge on any atom is 0.0631 e. The van der Waals surface area contributed by atoms with Crippen molar-refractivity contribution in [1.82, 2.24) is 0 Å². The van der Waals surface area contributed by atoms with Gasteiger partial charge in [-0.05, 0) is 74.2 Å². The minimum Gasteiger partial charge on any atom is -0.379 e. The van der Waals surface area contributed by atoms with Gasteiger partial charge in [0.2, 0.25) is 0 Å². The molecule has 2 nitrogen and oxygen atoms in total. The predicted molar refractivity (Wildman–Crippen MR) is 94.7 cm³/mol. The van der Waals surface area contributed by atoms with E-state index in [-0.39, 0.29) is 0 Å². The molecule has 2 aromatic carbocycles. The highest BCUT2D eigenvalue weighted by atomic mass is 79.9. The molecule has 0 saturated carbocycles. The summed E-state index contributed by atoms with van der Waals surface area (Å²) in [5, 5.41) is 3.47. The fourth-order valence-electron chi connectivity index (χ4n) is 1.97. The van der Waals surface area contributed by atoms with E-state index in [2.05, 4.69) is 85.4 Å². The van der Waals surface area contributed by atoms with Gasteiger partial charge in [-0.3, -0.25) is 0 Å². The van der Waals surface area contributed by atoms with Crippen LogP contribution < -0.4 is 10.2 Å². The Morgan fingerprint density at radius 3 is 2.05 bits per heavy atom. The molecule has 0 aromatic heterocycles. The van der Waals surface area contributed by atoms with Gasteiger partial charge in [-0.2, -0.15) is 0 Å². The number of hydrogen-bond acceptors (Lipinski definition) is 2. The maximum absolute atomic E-state index is 3.60. The van der Waals surface area contributed by atoms with Crippen molar-refractivity contribution in [2.24, 2.45) is 0 Å². The molecule has 0 aliphatic heterocycles. The van der Waals surface area contributed by atoms with Gasteiger partial charge in [0.05, 0.1) is 5.69 Å². The molecule has 2 aromatic rings. The Bertz CT molecular complexity index is 569. The van der Waals surface area contributed by atoms with Crippen molar-refractivity contribution in [3.05, 3.63) is 56.5 Å². The fourth-order valence-corrected chi connectivity index (χ4v) is 3.67. The van der Waals surface area contributed by atoms with E-state index in [4.69, 9.17) is 0 Å². The summed E-state index contributed by atoms with van der Waals surface area (Å²) >= 11 is 7.21. The minimum atomic E-state index is 0.800. The Kier molecular flexibility index (Phi) is 5.11. The third-order valence-electron chi connectivity index (χ3n) is 3.11. The molecule has 2 rings (SSSR count). The van der Waals surface area contributed by atoms with Crippen molar-refractivity contribution in [2.75, 3.05) is 24.3 Å². The molecule has 0 heterocycles. The van der Waals surface area contributed by atoms with Gasteiger partial charge >= 0.3 is 0 Å². The second-order valence-corrected chi connectivity index (χ2v) is 6.73. The van der Waals surface area contributed by atoms with Crippen LogP contribution in [0.5, 0.6) is 0 Å². The van der Waals surface area contributed by atoms with Gasteiger partial charge in [-0.1, -0.05) is 12.1 Å². The molecule has 0 saturated heterocycles. The second kappa shape index (κ2) is 6.64. The third kappa shape index (κ3) is 3.76. The average molecular weight is 398 g/mol. The molecule has 0 amide bonds. The van der Waals surface area contributed by atoms with E-state index >= 15 is 0 Å². The van der Waals surface area contributed by atoms with Crippen molar-refractivity contribution in [3.63, 3.8) is 0 Å². The molecule has 4 heteroatoms. The van der Waals surface area contributed by atoms with Crippen LogP contribution in [0.3, 0.4) is 0 Å². The van der Waals surface area contributed by atoms with E-state index in [0.29, 0.717) is 0 Å². The summed E-state index contributed by atoms with van der Waals surface area (Å²) in [6, 6.07) is 12.8. The lowest BCUT2D eigenvalue weighted by Crippen LogP contribution is -2.08. The molecule has 106 valence electrons. The van der Waals surface area contributed by atoms with Crippen LogP contribution in [0.4, 0.5) is 11.4 Å². The van der Waals surface area contributed by atoms with E-state index in [9.17, 15) is 0 Å². The van der Waals surface area contributed by atoms with Crippen LogP contribution >= 0.6 is 31.9 Å². The van der Waals surface area contributed by atoms with Gasteiger partial charge < -0.3 is 10.2 Å². The number of benzene rings is 2. The molecule has 0 aliphatic rings. The molecule has 0 atom stereocenters. The van der Waals surface area contributed by atoms with Crippen molar-refractivity contribution in [3.8, 4) is 0 Å². The van der Waals surface area contributed by atoms with Gasteiger partial charge in [0, 0.05) is 35.3 Å². The van der Waals surface area contributed by atoms with Gasteiger partial charge in [0.25, 0.3) is 0 Å².